The van der Waals surface area contributed by atoms with E-state index in [-0.39, 0.29) is 5.91 Å². The van der Waals surface area contributed by atoms with Gasteiger partial charge in [-0.1, -0.05) is 18.2 Å². The molecule has 0 spiro atoms. The molecule has 3 nitrogen and oxygen atoms in total. The Morgan fingerprint density at radius 1 is 1.36 bits per heavy atom. The molecule has 0 aromatic heterocycles. The molecule has 56 valence electrons. The molecule has 1 aliphatic rings. The normalized spacial score (nSPS) is 15.4. The van der Waals surface area contributed by atoms with Crippen LogP contribution in [-0.2, 0) is 6.54 Å². The smallest absolute Gasteiger partial charge is 0.268 e. The molecule has 0 atom stereocenters. The van der Waals surface area contributed by atoms with Gasteiger partial charge in [0.25, 0.3) is 5.91 Å². The van der Waals surface area contributed by atoms with Crippen molar-refractivity contribution in [1.29, 1.82) is 0 Å². The number of benzene rings is 1. The lowest BCUT2D eigenvalue weighted by Gasteiger charge is -2.04. The first-order chi connectivity index (χ1) is 5.29. The summed E-state index contributed by atoms with van der Waals surface area (Å²) < 4.78 is 0. The predicted octanol–water partition coefficient (Wildman–Crippen LogP) is 0.516. The van der Waals surface area contributed by atoms with E-state index < -0.39 is 0 Å². The Labute approximate surface area is 64.4 Å². The summed E-state index contributed by atoms with van der Waals surface area (Å²) in [7, 11) is 0. The van der Waals surface area contributed by atoms with E-state index in [1.165, 1.54) is 5.01 Å². The van der Waals surface area contributed by atoms with Crippen LogP contribution in [0.3, 0.4) is 0 Å². The number of hydrogen-bond acceptors (Lipinski definition) is 2. The average Bonchev–Trinajstić information content (AvgIpc) is 2.30. The topological polar surface area (TPSA) is 46.3 Å². The molecule has 1 aliphatic heterocycles. The Bertz CT molecular complexity index is 309. The van der Waals surface area contributed by atoms with Crippen LogP contribution in [0, 0.1) is 0 Å². The molecule has 0 fully saturated rings. The molecule has 0 aliphatic carbocycles. The Kier molecular flexibility index (Phi) is 1.20. The van der Waals surface area contributed by atoms with Gasteiger partial charge in [-0.3, -0.25) is 9.80 Å². The molecule has 1 heterocycles. The van der Waals surface area contributed by atoms with Crippen LogP contribution in [0.1, 0.15) is 15.9 Å². The molecule has 0 unspecified atom stereocenters. The maximum atomic E-state index is 11.2. The van der Waals surface area contributed by atoms with Crippen LogP contribution in [0.25, 0.3) is 0 Å². The Hall–Kier alpha value is -1.35. The molecular formula is C8H8N2O. The number of amides is 1. The summed E-state index contributed by atoms with van der Waals surface area (Å²) in [5, 5.41) is 1.23. The van der Waals surface area contributed by atoms with Gasteiger partial charge in [0.1, 0.15) is 0 Å². The standard InChI is InChI=1S/C8H8N2O/c9-10-5-6-3-1-2-4-7(6)8(10)11/h1-4H,5,9H2. The lowest BCUT2D eigenvalue weighted by Crippen LogP contribution is -2.30. The van der Waals surface area contributed by atoms with Gasteiger partial charge >= 0.3 is 0 Å². The molecule has 11 heavy (non-hydrogen) atoms. The maximum absolute atomic E-state index is 11.2. The second kappa shape index (κ2) is 2.07. The monoisotopic (exact) mass is 148 g/mol. The zero-order valence-electron chi connectivity index (χ0n) is 5.95. The van der Waals surface area contributed by atoms with Crippen LogP contribution < -0.4 is 5.84 Å². The number of rotatable bonds is 0. The Morgan fingerprint density at radius 2 is 2.09 bits per heavy atom. The third-order valence-electron chi connectivity index (χ3n) is 1.85. The molecule has 0 radical (unpaired) electrons. The fourth-order valence-corrected chi connectivity index (χ4v) is 1.28. The van der Waals surface area contributed by atoms with Crippen LogP contribution >= 0.6 is 0 Å². The highest BCUT2D eigenvalue weighted by atomic mass is 16.2. The summed E-state index contributed by atoms with van der Waals surface area (Å²) in [6.45, 7) is 0.537. The predicted molar refractivity (Wildman–Crippen MR) is 40.5 cm³/mol. The van der Waals surface area contributed by atoms with Crippen LogP contribution in [0.15, 0.2) is 24.3 Å². The summed E-state index contributed by atoms with van der Waals surface area (Å²) in [6, 6.07) is 7.46. The molecule has 0 saturated heterocycles. The average molecular weight is 148 g/mol. The molecule has 3 heteroatoms. The fraction of sp³-hybridized carbons (Fsp3) is 0.125. The van der Waals surface area contributed by atoms with Crippen molar-refractivity contribution in [3.63, 3.8) is 0 Å². The van der Waals surface area contributed by atoms with Crippen molar-refractivity contribution in [2.24, 2.45) is 5.84 Å². The van der Waals surface area contributed by atoms with E-state index in [9.17, 15) is 4.79 Å². The number of carbonyl (C=O) groups excluding carboxylic acids is 1. The van der Waals surface area contributed by atoms with Crippen molar-refractivity contribution in [3.05, 3.63) is 35.4 Å². The van der Waals surface area contributed by atoms with E-state index in [2.05, 4.69) is 0 Å². The minimum atomic E-state index is -0.0828. The van der Waals surface area contributed by atoms with E-state index >= 15 is 0 Å². The van der Waals surface area contributed by atoms with Crippen molar-refractivity contribution in [1.82, 2.24) is 5.01 Å². The highest BCUT2D eigenvalue weighted by molar-refractivity contribution is 5.97. The summed E-state index contributed by atoms with van der Waals surface area (Å²) in [5.74, 6) is 5.33. The number of hydrogen-bond donors (Lipinski definition) is 1. The van der Waals surface area contributed by atoms with Gasteiger partial charge in [0.2, 0.25) is 0 Å². The Morgan fingerprint density at radius 3 is 2.82 bits per heavy atom. The third-order valence-corrected chi connectivity index (χ3v) is 1.85. The second-order valence-corrected chi connectivity index (χ2v) is 2.59. The van der Waals surface area contributed by atoms with E-state index in [1.54, 1.807) is 6.07 Å². The van der Waals surface area contributed by atoms with Gasteiger partial charge < -0.3 is 0 Å². The summed E-state index contributed by atoms with van der Waals surface area (Å²) >= 11 is 0. The molecular weight excluding hydrogens is 140 g/mol. The van der Waals surface area contributed by atoms with Crippen molar-refractivity contribution in [2.45, 2.75) is 6.54 Å². The SMILES string of the molecule is NN1Cc2ccccc2C1=O. The molecule has 2 N–H and O–H groups in total. The number of hydrazine groups is 1. The van der Waals surface area contributed by atoms with Crippen molar-refractivity contribution in [2.75, 3.05) is 0 Å². The van der Waals surface area contributed by atoms with E-state index in [0.29, 0.717) is 6.54 Å². The molecule has 1 amide bonds. The van der Waals surface area contributed by atoms with Crippen molar-refractivity contribution in [3.8, 4) is 0 Å². The van der Waals surface area contributed by atoms with E-state index in [4.69, 9.17) is 5.84 Å². The van der Waals surface area contributed by atoms with Crippen LogP contribution in [0.4, 0.5) is 0 Å². The number of nitrogens with two attached hydrogens (primary N) is 1. The molecule has 0 bridgehead atoms. The van der Waals surface area contributed by atoms with Gasteiger partial charge in [-0.05, 0) is 11.6 Å². The molecule has 1 aromatic carbocycles. The number of nitrogens with zero attached hydrogens (tertiary/aromatic N) is 1. The number of fused-ring (bicyclic) bond motifs is 1. The van der Waals surface area contributed by atoms with Crippen molar-refractivity contribution >= 4 is 5.91 Å². The maximum Gasteiger partial charge on any atom is 0.268 e. The first kappa shape index (κ1) is 6.37. The zero-order valence-corrected chi connectivity index (χ0v) is 5.95. The van der Waals surface area contributed by atoms with Gasteiger partial charge in [0.05, 0.1) is 6.54 Å². The summed E-state index contributed by atoms with van der Waals surface area (Å²) in [5.41, 5.74) is 1.75. The van der Waals surface area contributed by atoms with E-state index in [1.807, 2.05) is 18.2 Å². The summed E-state index contributed by atoms with van der Waals surface area (Å²) in [6.07, 6.45) is 0. The first-order valence-electron chi connectivity index (χ1n) is 3.43. The summed E-state index contributed by atoms with van der Waals surface area (Å²) in [4.78, 5) is 11.2. The first-order valence-corrected chi connectivity index (χ1v) is 3.43. The largest absolute Gasteiger partial charge is 0.272 e. The lowest BCUT2D eigenvalue weighted by atomic mass is 10.1. The van der Waals surface area contributed by atoms with Gasteiger partial charge in [-0.15, -0.1) is 0 Å². The number of carbonyl (C=O) groups is 1. The minimum absolute atomic E-state index is 0.0828. The fourth-order valence-electron chi connectivity index (χ4n) is 1.28. The second-order valence-electron chi connectivity index (χ2n) is 2.59. The Balaban J connectivity index is 2.55. The third kappa shape index (κ3) is 0.816. The highest BCUT2D eigenvalue weighted by Crippen LogP contribution is 2.18. The van der Waals surface area contributed by atoms with Gasteiger partial charge in [-0.25, -0.2) is 5.84 Å². The van der Waals surface area contributed by atoms with Crippen LogP contribution in [0.2, 0.25) is 0 Å². The molecule has 2 rings (SSSR count). The van der Waals surface area contributed by atoms with Gasteiger partial charge in [0.15, 0.2) is 0 Å². The van der Waals surface area contributed by atoms with Gasteiger partial charge in [-0.2, -0.15) is 0 Å². The highest BCUT2D eigenvalue weighted by Gasteiger charge is 2.23. The van der Waals surface area contributed by atoms with Gasteiger partial charge in [0, 0.05) is 5.56 Å². The minimum Gasteiger partial charge on any atom is -0.272 e. The quantitative estimate of drug-likeness (QED) is 0.430. The molecule has 1 aromatic rings. The molecule has 0 saturated carbocycles. The van der Waals surface area contributed by atoms with Crippen LogP contribution in [-0.4, -0.2) is 10.9 Å². The van der Waals surface area contributed by atoms with Crippen molar-refractivity contribution < 1.29 is 4.79 Å². The zero-order chi connectivity index (χ0) is 7.84. The van der Waals surface area contributed by atoms with E-state index in [0.717, 1.165) is 11.1 Å². The lowest BCUT2D eigenvalue weighted by molar-refractivity contribution is 0.0778. The van der Waals surface area contributed by atoms with Crippen LogP contribution in [0.5, 0.6) is 0 Å².